The first-order valence-corrected chi connectivity index (χ1v) is 9.99. The second-order valence-electron chi connectivity index (χ2n) is 7.13. The van der Waals surface area contributed by atoms with Gasteiger partial charge in [0.1, 0.15) is 0 Å². The number of hydrogen-bond donors (Lipinski definition) is 3. The van der Waals surface area contributed by atoms with Gasteiger partial charge in [0.2, 0.25) is 0 Å². The molecule has 0 aromatic carbocycles. The van der Waals surface area contributed by atoms with Crippen LogP contribution in [0, 0.1) is 5.92 Å². The van der Waals surface area contributed by atoms with Crippen LogP contribution in [0.4, 0.5) is 0 Å². The standard InChI is InChI=1S/C20H39NO2/c1-2-3-4-5-6-7-8-9-10-11-12-13-14-15-19(22)18-16-21-17-20(18)23/h14-15,18-23H,2-13,16-17H2,1H3. The van der Waals surface area contributed by atoms with Crippen LogP contribution in [0.2, 0.25) is 0 Å². The van der Waals surface area contributed by atoms with E-state index in [2.05, 4.69) is 18.3 Å². The summed E-state index contributed by atoms with van der Waals surface area (Å²) < 4.78 is 0. The lowest BCUT2D eigenvalue weighted by atomic mass is 9.98. The number of aliphatic hydroxyl groups excluding tert-OH is 2. The van der Waals surface area contributed by atoms with Crippen molar-refractivity contribution >= 4 is 0 Å². The van der Waals surface area contributed by atoms with Crippen molar-refractivity contribution in [3.05, 3.63) is 12.2 Å². The Hall–Kier alpha value is -0.380. The maximum Gasteiger partial charge on any atom is 0.0786 e. The minimum Gasteiger partial charge on any atom is -0.391 e. The molecule has 3 heteroatoms. The van der Waals surface area contributed by atoms with Crippen LogP contribution in [0.1, 0.15) is 84.0 Å². The average Bonchev–Trinajstić information content (AvgIpc) is 2.98. The van der Waals surface area contributed by atoms with Crippen molar-refractivity contribution in [2.24, 2.45) is 5.92 Å². The smallest absolute Gasteiger partial charge is 0.0786 e. The fraction of sp³-hybridized carbons (Fsp3) is 0.900. The second kappa shape index (κ2) is 14.0. The topological polar surface area (TPSA) is 52.5 Å². The summed E-state index contributed by atoms with van der Waals surface area (Å²) in [5.41, 5.74) is 0. The fourth-order valence-electron chi connectivity index (χ4n) is 3.34. The van der Waals surface area contributed by atoms with E-state index in [4.69, 9.17) is 0 Å². The molecule has 1 saturated heterocycles. The van der Waals surface area contributed by atoms with Crippen LogP contribution in [0.3, 0.4) is 0 Å². The lowest BCUT2D eigenvalue weighted by Gasteiger charge is -2.16. The zero-order valence-corrected chi connectivity index (χ0v) is 15.2. The minimum atomic E-state index is -0.507. The van der Waals surface area contributed by atoms with Gasteiger partial charge < -0.3 is 15.5 Å². The third kappa shape index (κ3) is 10.2. The van der Waals surface area contributed by atoms with E-state index in [1.807, 2.05) is 6.08 Å². The molecule has 136 valence electrons. The molecule has 1 fully saturated rings. The highest BCUT2D eigenvalue weighted by Crippen LogP contribution is 2.16. The van der Waals surface area contributed by atoms with Crippen LogP contribution < -0.4 is 5.32 Å². The number of unbranched alkanes of at least 4 members (excludes halogenated alkanes) is 11. The van der Waals surface area contributed by atoms with E-state index in [0.717, 1.165) is 6.42 Å². The monoisotopic (exact) mass is 325 g/mol. The van der Waals surface area contributed by atoms with Crippen LogP contribution in [0.25, 0.3) is 0 Å². The quantitative estimate of drug-likeness (QED) is 0.332. The van der Waals surface area contributed by atoms with Gasteiger partial charge in [-0.15, -0.1) is 0 Å². The first-order valence-electron chi connectivity index (χ1n) is 9.99. The molecule has 3 atom stereocenters. The predicted octanol–water partition coefficient (Wildman–Crippen LogP) is 4.18. The average molecular weight is 326 g/mol. The first kappa shape index (κ1) is 20.7. The Kier molecular flexibility index (Phi) is 12.6. The van der Waals surface area contributed by atoms with E-state index in [1.54, 1.807) is 0 Å². The maximum absolute atomic E-state index is 10.0. The lowest BCUT2D eigenvalue weighted by molar-refractivity contribution is 0.0680. The van der Waals surface area contributed by atoms with Gasteiger partial charge in [0.05, 0.1) is 12.2 Å². The van der Waals surface area contributed by atoms with Crippen molar-refractivity contribution in [2.75, 3.05) is 13.1 Å². The molecule has 0 radical (unpaired) electrons. The van der Waals surface area contributed by atoms with Gasteiger partial charge in [-0.25, -0.2) is 0 Å². The maximum atomic E-state index is 10.0. The summed E-state index contributed by atoms with van der Waals surface area (Å²) in [7, 11) is 0. The van der Waals surface area contributed by atoms with Crippen LogP contribution in [-0.2, 0) is 0 Å². The van der Waals surface area contributed by atoms with E-state index in [0.29, 0.717) is 13.1 Å². The molecule has 0 bridgehead atoms. The summed E-state index contributed by atoms with van der Waals surface area (Å²) >= 11 is 0. The van der Waals surface area contributed by atoms with Crippen molar-refractivity contribution in [2.45, 2.75) is 96.2 Å². The Bertz CT molecular complexity index is 293. The zero-order valence-electron chi connectivity index (χ0n) is 15.2. The van der Waals surface area contributed by atoms with Crippen LogP contribution in [0.5, 0.6) is 0 Å². The van der Waals surface area contributed by atoms with Gasteiger partial charge >= 0.3 is 0 Å². The molecule has 0 saturated carbocycles. The molecule has 1 heterocycles. The number of β-amino-alcohol motifs (C(OH)–C–C–N with tert-alkyl or cyclic N) is 1. The van der Waals surface area contributed by atoms with Gasteiger partial charge in [0.25, 0.3) is 0 Å². The Morgan fingerprint density at radius 3 is 2.00 bits per heavy atom. The van der Waals surface area contributed by atoms with Gasteiger partial charge in [-0.1, -0.05) is 83.3 Å². The molecule has 0 aliphatic carbocycles. The van der Waals surface area contributed by atoms with Crippen LogP contribution in [-0.4, -0.2) is 35.5 Å². The van der Waals surface area contributed by atoms with Crippen molar-refractivity contribution in [1.29, 1.82) is 0 Å². The molecule has 0 spiro atoms. The summed E-state index contributed by atoms with van der Waals surface area (Å²) in [6, 6.07) is 0. The third-order valence-electron chi connectivity index (χ3n) is 4.97. The van der Waals surface area contributed by atoms with Gasteiger partial charge in [-0.05, 0) is 12.8 Å². The largest absolute Gasteiger partial charge is 0.391 e. The van der Waals surface area contributed by atoms with Crippen molar-refractivity contribution < 1.29 is 10.2 Å². The van der Waals surface area contributed by atoms with Crippen molar-refractivity contribution in [3.63, 3.8) is 0 Å². The van der Waals surface area contributed by atoms with Gasteiger partial charge in [0, 0.05) is 19.0 Å². The van der Waals surface area contributed by atoms with Gasteiger partial charge in [-0.3, -0.25) is 0 Å². The molecule has 1 rings (SSSR count). The molecule has 0 amide bonds. The Balaban J connectivity index is 1.85. The summed E-state index contributed by atoms with van der Waals surface area (Å²) in [5.74, 6) is -0.0384. The zero-order chi connectivity index (χ0) is 16.8. The van der Waals surface area contributed by atoms with E-state index in [1.165, 1.54) is 70.6 Å². The highest BCUT2D eigenvalue weighted by atomic mass is 16.3. The number of nitrogens with one attached hydrogen (secondary N) is 1. The first-order chi connectivity index (χ1) is 11.3. The molecule has 0 aromatic rings. The predicted molar refractivity (Wildman–Crippen MR) is 98.6 cm³/mol. The molecule has 1 aliphatic rings. The lowest BCUT2D eigenvalue weighted by Crippen LogP contribution is -2.28. The molecule has 3 nitrogen and oxygen atoms in total. The molecular formula is C20H39NO2. The van der Waals surface area contributed by atoms with E-state index in [9.17, 15) is 10.2 Å². The van der Waals surface area contributed by atoms with Crippen LogP contribution in [0.15, 0.2) is 12.2 Å². The highest BCUT2D eigenvalue weighted by molar-refractivity contribution is 4.97. The van der Waals surface area contributed by atoms with Crippen LogP contribution >= 0.6 is 0 Å². The molecule has 1 aliphatic heterocycles. The Labute approximate surface area is 143 Å². The summed E-state index contributed by atoms with van der Waals surface area (Å²) in [4.78, 5) is 0. The number of hydrogen-bond acceptors (Lipinski definition) is 3. The SMILES string of the molecule is CCCCCCCCCCCCCC=CC(O)C1CNCC1O. The minimum absolute atomic E-state index is 0.0384. The Morgan fingerprint density at radius 2 is 1.48 bits per heavy atom. The number of allylic oxidation sites excluding steroid dienone is 1. The van der Waals surface area contributed by atoms with E-state index < -0.39 is 12.2 Å². The number of rotatable bonds is 14. The molecule has 3 N–H and O–H groups in total. The van der Waals surface area contributed by atoms with Gasteiger partial charge in [0.15, 0.2) is 0 Å². The van der Waals surface area contributed by atoms with Crippen molar-refractivity contribution in [3.8, 4) is 0 Å². The Morgan fingerprint density at radius 1 is 0.913 bits per heavy atom. The van der Waals surface area contributed by atoms with Gasteiger partial charge in [-0.2, -0.15) is 0 Å². The molecule has 0 aromatic heterocycles. The summed E-state index contributed by atoms with van der Waals surface area (Å²) in [6.45, 7) is 3.59. The van der Waals surface area contributed by atoms with E-state index in [-0.39, 0.29) is 5.92 Å². The number of aliphatic hydroxyl groups is 2. The molecule has 23 heavy (non-hydrogen) atoms. The highest BCUT2D eigenvalue weighted by Gasteiger charge is 2.29. The normalized spacial score (nSPS) is 22.9. The van der Waals surface area contributed by atoms with E-state index >= 15 is 0 Å². The molecule has 3 unspecified atom stereocenters. The summed E-state index contributed by atoms with van der Waals surface area (Å²) in [6.07, 6.45) is 19.1. The van der Waals surface area contributed by atoms with Crippen molar-refractivity contribution in [1.82, 2.24) is 5.32 Å². The fourth-order valence-corrected chi connectivity index (χ4v) is 3.34. The second-order valence-corrected chi connectivity index (χ2v) is 7.13. The third-order valence-corrected chi connectivity index (χ3v) is 4.97. The molecular weight excluding hydrogens is 286 g/mol. The summed E-state index contributed by atoms with van der Waals surface area (Å²) in [5, 5.41) is 22.8.